The molecule has 158 valence electrons. The van der Waals surface area contributed by atoms with Crippen molar-refractivity contribution in [3.63, 3.8) is 0 Å². The number of fused-ring (bicyclic) bond motifs is 1. The number of aldehydes is 1. The molecule has 1 unspecified atom stereocenters. The van der Waals surface area contributed by atoms with Crippen LogP contribution in [-0.4, -0.2) is 41.9 Å². The molecule has 4 rings (SSSR count). The van der Waals surface area contributed by atoms with Crippen LogP contribution < -0.4 is 15.0 Å². The van der Waals surface area contributed by atoms with Crippen molar-refractivity contribution in [2.24, 2.45) is 0 Å². The van der Waals surface area contributed by atoms with Crippen LogP contribution in [0.5, 0.6) is 5.75 Å². The highest BCUT2D eigenvalue weighted by Gasteiger charge is 2.25. The van der Waals surface area contributed by atoms with Crippen LogP contribution in [0.4, 0.5) is 5.82 Å². The molecule has 2 heterocycles. The molecule has 1 N–H and O–H groups in total. The van der Waals surface area contributed by atoms with E-state index in [0.29, 0.717) is 25.3 Å². The van der Waals surface area contributed by atoms with E-state index >= 15 is 0 Å². The summed E-state index contributed by atoms with van der Waals surface area (Å²) in [6, 6.07) is 15.0. The molecule has 1 aliphatic rings. The summed E-state index contributed by atoms with van der Waals surface area (Å²) in [5, 5.41) is 2.79. The molecule has 1 aliphatic heterocycles. The van der Waals surface area contributed by atoms with E-state index in [2.05, 4.69) is 21.4 Å². The number of aromatic nitrogens is 2. The zero-order valence-corrected chi connectivity index (χ0v) is 17.3. The maximum atomic E-state index is 13.0. The minimum absolute atomic E-state index is 0.222. The van der Waals surface area contributed by atoms with Gasteiger partial charge in [-0.05, 0) is 41.7 Å². The van der Waals surface area contributed by atoms with Crippen molar-refractivity contribution in [3.05, 3.63) is 83.3 Å². The van der Waals surface area contributed by atoms with Crippen LogP contribution in [0.15, 0.2) is 60.9 Å². The lowest BCUT2D eigenvalue weighted by Crippen LogP contribution is -2.40. The quantitative estimate of drug-likeness (QED) is 0.596. The van der Waals surface area contributed by atoms with Crippen molar-refractivity contribution in [2.45, 2.75) is 25.4 Å². The third-order valence-corrected chi connectivity index (χ3v) is 5.40. The Morgan fingerprint density at radius 3 is 2.74 bits per heavy atom. The Morgan fingerprint density at radius 2 is 1.97 bits per heavy atom. The number of hydrogen-bond donors (Lipinski definition) is 1. The van der Waals surface area contributed by atoms with Crippen LogP contribution in [0.3, 0.4) is 0 Å². The van der Waals surface area contributed by atoms with E-state index in [1.165, 1.54) is 17.3 Å². The number of carbonyl (C=O) groups excluding carboxylic acids is 2. The largest absolute Gasteiger partial charge is 0.497 e. The van der Waals surface area contributed by atoms with Gasteiger partial charge in [-0.3, -0.25) is 4.79 Å². The minimum atomic E-state index is -0.640. The van der Waals surface area contributed by atoms with Gasteiger partial charge in [0, 0.05) is 25.5 Å². The monoisotopic (exact) mass is 416 g/mol. The molecule has 0 fully saturated rings. The highest BCUT2D eigenvalue weighted by molar-refractivity contribution is 5.98. The topological polar surface area (TPSA) is 84.4 Å². The second kappa shape index (κ2) is 9.38. The maximum absolute atomic E-state index is 13.0. The first-order chi connectivity index (χ1) is 15.2. The second-order valence-corrected chi connectivity index (χ2v) is 7.44. The molecule has 1 aromatic heterocycles. The smallest absolute Gasteiger partial charge is 0.274 e. The Balaban J connectivity index is 1.51. The molecule has 0 aliphatic carbocycles. The molecule has 1 amide bonds. The maximum Gasteiger partial charge on any atom is 0.274 e. The number of anilines is 1. The third kappa shape index (κ3) is 4.71. The van der Waals surface area contributed by atoms with Crippen LogP contribution >= 0.6 is 0 Å². The number of amides is 1. The molecule has 31 heavy (non-hydrogen) atoms. The van der Waals surface area contributed by atoms with Gasteiger partial charge in [-0.2, -0.15) is 0 Å². The molecule has 2 aromatic carbocycles. The Hall–Kier alpha value is -3.74. The molecule has 0 saturated heterocycles. The van der Waals surface area contributed by atoms with E-state index in [-0.39, 0.29) is 5.69 Å². The Morgan fingerprint density at radius 1 is 1.16 bits per heavy atom. The van der Waals surface area contributed by atoms with Gasteiger partial charge in [0.25, 0.3) is 5.91 Å². The Bertz CT molecular complexity index is 1070. The van der Waals surface area contributed by atoms with Crippen molar-refractivity contribution in [2.75, 3.05) is 18.6 Å². The molecule has 0 spiro atoms. The number of nitrogens with zero attached hydrogens (tertiary/aromatic N) is 3. The summed E-state index contributed by atoms with van der Waals surface area (Å²) >= 11 is 0. The summed E-state index contributed by atoms with van der Waals surface area (Å²) in [5.41, 5.74) is 3.59. The molecule has 1 atom stereocenters. The minimum Gasteiger partial charge on any atom is -0.497 e. The van der Waals surface area contributed by atoms with Crippen molar-refractivity contribution in [1.82, 2.24) is 15.3 Å². The zero-order valence-electron chi connectivity index (χ0n) is 17.3. The van der Waals surface area contributed by atoms with Crippen LogP contribution in [0.1, 0.15) is 27.2 Å². The number of carbonyl (C=O) groups is 2. The SMILES string of the molecule is COc1ccc2c(c1)CCN(c1nccnc1C(=O)NC(C=O)Cc1ccccc1)C2. The zero-order chi connectivity index (χ0) is 21.6. The number of hydrogen-bond acceptors (Lipinski definition) is 6. The van der Waals surface area contributed by atoms with Gasteiger partial charge in [0.05, 0.1) is 13.2 Å². The average molecular weight is 416 g/mol. The highest BCUT2D eigenvalue weighted by atomic mass is 16.5. The molecular formula is C24H24N4O3. The Kier molecular flexibility index (Phi) is 6.21. The summed E-state index contributed by atoms with van der Waals surface area (Å²) in [6.45, 7) is 1.33. The van der Waals surface area contributed by atoms with Gasteiger partial charge in [-0.15, -0.1) is 0 Å². The highest BCUT2D eigenvalue weighted by Crippen LogP contribution is 2.27. The third-order valence-electron chi connectivity index (χ3n) is 5.40. The van der Waals surface area contributed by atoms with Crippen molar-refractivity contribution in [1.29, 1.82) is 0 Å². The van der Waals surface area contributed by atoms with E-state index in [0.717, 1.165) is 24.0 Å². The molecule has 3 aromatic rings. The van der Waals surface area contributed by atoms with Crippen molar-refractivity contribution < 1.29 is 14.3 Å². The summed E-state index contributed by atoms with van der Waals surface area (Å²) in [4.78, 5) is 35.3. The van der Waals surface area contributed by atoms with Crippen molar-refractivity contribution >= 4 is 18.0 Å². The summed E-state index contributed by atoms with van der Waals surface area (Å²) in [7, 11) is 1.66. The molecule has 0 saturated carbocycles. The number of rotatable bonds is 7. The van der Waals surface area contributed by atoms with E-state index in [1.807, 2.05) is 47.4 Å². The first-order valence-corrected chi connectivity index (χ1v) is 10.2. The number of nitrogens with one attached hydrogen (secondary N) is 1. The van der Waals surface area contributed by atoms with E-state index in [9.17, 15) is 9.59 Å². The predicted octanol–water partition coefficient (Wildman–Crippen LogP) is 2.59. The number of benzene rings is 2. The second-order valence-electron chi connectivity index (χ2n) is 7.44. The van der Waals surface area contributed by atoms with Crippen LogP contribution in [0.2, 0.25) is 0 Å². The van der Waals surface area contributed by atoms with Crippen molar-refractivity contribution in [3.8, 4) is 5.75 Å². The van der Waals surface area contributed by atoms with Crippen LogP contribution in [0, 0.1) is 0 Å². The Labute approximate surface area is 181 Å². The first-order valence-electron chi connectivity index (χ1n) is 10.2. The van der Waals surface area contributed by atoms with E-state index < -0.39 is 11.9 Å². The molecule has 7 heteroatoms. The lowest BCUT2D eigenvalue weighted by Gasteiger charge is -2.30. The fourth-order valence-electron chi connectivity index (χ4n) is 3.80. The lowest BCUT2D eigenvalue weighted by molar-refractivity contribution is -0.109. The van der Waals surface area contributed by atoms with Crippen LogP contribution in [-0.2, 0) is 24.2 Å². The molecule has 0 radical (unpaired) electrons. The van der Waals surface area contributed by atoms with E-state index in [4.69, 9.17) is 4.74 Å². The predicted molar refractivity (Wildman–Crippen MR) is 117 cm³/mol. The normalized spacial score (nSPS) is 13.8. The van der Waals surface area contributed by atoms with Crippen LogP contribution in [0.25, 0.3) is 0 Å². The lowest BCUT2D eigenvalue weighted by atomic mass is 9.99. The van der Waals surface area contributed by atoms with Gasteiger partial charge in [-0.25, -0.2) is 9.97 Å². The van der Waals surface area contributed by atoms with Gasteiger partial charge in [0.2, 0.25) is 0 Å². The van der Waals surface area contributed by atoms with E-state index in [1.54, 1.807) is 13.3 Å². The molecule has 7 nitrogen and oxygen atoms in total. The first kappa shape index (κ1) is 20.5. The summed E-state index contributed by atoms with van der Waals surface area (Å²) < 4.78 is 5.32. The summed E-state index contributed by atoms with van der Waals surface area (Å²) in [5.74, 6) is 0.951. The fraction of sp³-hybridized carbons (Fsp3) is 0.250. The molecule has 0 bridgehead atoms. The van der Waals surface area contributed by atoms with Gasteiger partial charge >= 0.3 is 0 Å². The van der Waals surface area contributed by atoms with Gasteiger partial charge in [0.1, 0.15) is 12.0 Å². The van der Waals surface area contributed by atoms with Gasteiger partial charge in [-0.1, -0.05) is 36.4 Å². The summed E-state index contributed by atoms with van der Waals surface area (Å²) in [6.07, 6.45) is 5.07. The molecular weight excluding hydrogens is 392 g/mol. The average Bonchev–Trinajstić information content (AvgIpc) is 2.83. The van der Waals surface area contributed by atoms with Gasteiger partial charge < -0.3 is 19.7 Å². The van der Waals surface area contributed by atoms with Gasteiger partial charge in [0.15, 0.2) is 11.5 Å². The standard InChI is InChI=1S/C24H24N4O3/c1-31-21-8-7-19-15-28(12-9-18(19)14-21)23-22(25-10-11-26-23)24(30)27-20(16-29)13-17-5-3-2-4-6-17/h2-8,10-11,14,16,20H,9,12-13,15H2,1H3,(H,27,30). The fourth-order valence-corrected chi connectivity index (χ4v) is 3.80. The number of ether oxygens (including phenoxy) is 1. The number of methoxy groups -OCH3 is 1.